The van der Waals surface area contributed by atoms with E-state index in [2.05, 4.69) is 11.4 Å². The number of hydrogen-bond donors (Lipinski definition) is 1. The lowest BCUT2D eigenvalue weighted by Crippen LogP contribution is -2.53. The number of carbonyl (C=O) groups excluding carboxylic acids is 1. The summed E-state index contributed by atoms with van der Waals surface area (Å²) in [5.41, 5.74) is -0.648. The maximum atomic E-state index is 12.4. The van der Waals surface area contributed by atoms with E-state index in [9.17, 15) is 10.1 Å². The van der Waals surface area contributed by atoms with Gasteiger partial charge in [-0.25, -0.2) is 0 Å². The van der Waals surface area contributed by atoms with Crippen LogP contribution in [0.25, 0.3) is 0 Å². The number of nitriles is 1. The van der Waals surface area contributed by atoms with Gasteiger partial charge in [0, 0.05) is 13.1 Å². The van der Waals surface area contributed by atoms with Gasteiger partial charge in [0.15, 0.2) is 0 Å². The monoisotopic (exact) mass is 247 g/mol. The van der Waals surface area contributed by atoms with Crippen LogP contribution in [0.2, 0.25) is 0 Å². The molecule has 1 amide bonds. The van der Waals surface area contributed by atoms with E-state index in [1.54, 1.807) is 0 Å². The SMILES string of the molecule is N#CC1(C(=O)N2CCC(C3CNC3)CC2)CCC1. The molecule has 0 aromatic carbocycles. The van der Waals surface area contributed by atoms with E-state index >= 15 is 0 Å². The van der Waals surface area contributed by atoms with Crippen molar-refractivity contribution >= 4 is 5.91 Å². The number of rotatable bonds is 2. The molecule has 2 saturated heterocycles. The van der Waals surface area contributed by atoms with Gasteiger partial charge < -0.3 is 10.2 Å². The molecule has 0 spiro atoms. The van der Waals surface area contributed by atoms with Gasteiger partial charge in [0.2, 0.25) is 5.91 Å². The standard InChI is InChI=1S/C14H21N3O/c15-10-14(4-1-5-14)13(18)17-6-2-11(3-7-17)12-8-16-9-12/h11-12,16H,1-9H2. The first-order chi connectivity index (χ1) is 8.75. The summed E-state index contributed by atoms with van der Waals surface area (Å²) in [5, 5.41) is 12.5. The zero-order chi connectivity index (χ0) is 12.6. The topological polar surface area (TPSA) is 56.1 Å². The Labute approximate surface area is 108 Å². The Morgan fingerprint density at radius 2 is 1.89 bits per heavy atom. The van der Waals surface area contributed by atoms with Gasteiger partial charge in [-0.05, 0) is 57.0 Å². The van der Waals surface area contributed by atoms with E-state index in [0.717, 1.165) is 70.1 Å². The Balaban J connectivity index is 1.56. The smallest absolute Gasteiger partial charge is 0.243 e. The maximum absolute atomic E-state index is 12.4. The number of amides is 1. The summed E-state index contributed by atoms with van der Waals surface area (Å²) >= 11 is 0. The highest BCUT2D eigenvalue weighted by Crippen LogP contribution is 2.42. The molecular formula is C14H21N3O. The van der Waals surface area contributed by atoms with E-state index in [1.165, 1.54) is 0 Å². The van der Waals surface area contributed by atoms with Gasteiger partial charge in [-0.1, -0.05) is 0 Å². The highest BCUT2D eigenvalue weighted by Gasteiger charge is 2.47. The van der Waals surface area contributed by atoms with E-state index in [4.69, 9.17) is 0 Å². The third-order valence-corrected chi connectivity index (χ3v) is 5.14. The molecule has 4 heteroatoms. The van der Waals surface area contributed by atoms with Gasteiger partial charge in [0.25, 0.3) is 0 Å². The molecule has 1 N–H and O–H groups in total. The number of hydrogen-bond acceptors (Lipinski definition) is 3. The summed E-state index contributed by atoms with van der Waals surface area (Å²) in [6.07, 6.45) is 4.83. The maximum Gasteiger partial charge on any atom is 0.243 e. The van der Waals surface area contributed by atoms with Crippen LogP contribution in [0.1, 0.15) is 32.1 Å². The number of piperidine rings is 1. The molecule has 2 aliphatic heterocycles. The van der Waals surface area contributed by atoms with Crippen LogP contribution in [0.5, 0.6) is 0 Å². The van der Waals surface area contributed by atoms with E-state index in [1.807, 2.05) is 4.90 Å². The van der Waals surface area contributed by atoms with Crippen molar-refractivity contribution in [1.29, 1.82) is 5.26 Å². The third kappa shape index (κ3) is 1.81. The summed E-state index contributed by atoms with van der Waals surface area (Å²) in [4.78, 5) is 14.3. The Hall–Kier alpha value is -1.08. The van der Waals surface area contributed by atoms with Crippen LogP contribution in [0.3, 0.4) is 0 Å². The average molecular weight is 247 g/mol. The highest BCUT2D eigenvalue weighted by molar-refractivity contribution is 5.86. The van der Waals surface area contributed by atoms with Crippen molar-refractivity contribution < 1.29 is 4.79 Å². The van der Waals surface area contributed by atoms with Crippen LogP contribution in [-0.4, -0.2) is 37.0 Å². The minimum Gasteiger partial charge on any atom is -0.341 e. The summed E-state index contributed by atoms with van der Waals surface area (Å²) in [7, 11) is 0. The van der Waals surface area contributed by atoms with Crippen molar-refractivity contribution in [3.05, 3.63) is 0 Å². The summed E-state index contributed by atoms with van der Waals surface area (Å²) in [6.45, 7) is 4.04. The number of nitrogens with one attached hydrogen (secondary N) is 1. The normalized spacial score (nSPS) is 28.1. The van der Waals surface area contributed by atoms with Crippen LogP contribution in [0, 0.1) is 28.6 Å². The summed E-state index contributed by atoms with van der Waals surface area (Å²) < 4.78 is 0. The molecule has 3 fully saturated rings. The lowest BCUT2D eigenvalue weighted by atomic mass is 9.68. The largest absolute Gasteiger partial charge is 0.341 e. The zero-order valence-electron chi connectivity index (χ0n) is 10.8. The number of carbonyl (C=O) groups is 1. The van der Waals surface area contributed by atoms with Crippen LogP contribution in [-0.2, 0) is 4.79 Å². The molecule has 0 bridgehead atoms. The second-order valence-electron chi connectivity index (χ2n) is 6.10. The zero-order valence-corrected chi connectivity index (χ0v) is 10.8. The molecule has 0 unspecified atom stereocenters. The molecule has 3 rings (SSSR count). The Bertz CT molecular complexity index is 371. The Morgan fingerprint density at radius 1 is 1.22 bits per heavy atom. The fourth-order valence-electron chi connectivity index (χ4n) is 3.42. The van der Waals surface area contributed by atoms with Gasteiger partial charge >= 0.3 is 0 Å². The molecule has 4 nitrogen and oxygen atoms in total. The van der Waals surface area contributed by atoms with Gasteiger partial charge in [0.05, 0.1) is 6.07 Å². The summed E-state index contributed by atoms with van der Waals surface area (Å²) in [5.74, 6) is 1.73. The molecule has 18 heavy (non-hydrogen) atoms. The van der Waals surface area contributed by atoms with Crippen molar-refractivity contribution in [2.45, 2.75) is 32.1 Å². The second kappa shape index (κ2) is 4.55. The lowest BCUT2D eigenvalue weighted by molar-refractivity contribution is -0.144. The lowest BCUT2D eigenvalue weighted by Gasteiger charge is -2.43. The molecule has 0 aromatic heterocycles. The van der Waals surface area contributed by atoms with Crippen LogP contribution >= 0.6 is 0 Å². The highest BCUT2D eigenvalue weighted by atomic mass is 16.2. The third-order valence-electron chi connectivity index (χ3n) is 5.14. The molecule has 2 heterocycles. The minimum atomic E-state index is -0.648. The fraction of sp³-hybridized carbons (Fsp3) is 0.857. The molecule has 0 atom stereocenters. The molecule has 0 radical (unpaired) electrons. The fourth-order valence-corrected chi connectivity index (χ4v) is 3.42. The number of nitrogens with zero attached hydrogens (tertiary/aromatic N) is 2. The predicted molar refractivity (Wildman–Crippen MR) is 67.6 cm³/mol. The van der Waals surface area contributed by atoms with E-state index in [0.29, 0.717) is 0 Å². The Morgan fingerprint density at radius 3 is 2.28 bits per heavy atom. The van der Waals surface area contributed by atoms with Crippen molar-refractivity contribution in [2.75, 3.05) is 26.2 Å². The molecule has 1 aliphatic carbocycles. The average Bonchev–Trinajstić information content (AvgIpc) is 2.27. The molecular weight excluding hydrogens is 226 g/mol. The molecule has 3 aliphatic rings. The minimum absolute atomic E-state index is 0.112. The van der Waals surface area contributed by atoms with Crippen molar-refractivity contribution in [2.24, 2.45) is 17.3 Å². The number of likely N-dealkylation sites (tertiary alicyclic amines) is 1. The van der Waals surface area contributed by atoms with Crippen molar-refractivity contribution in [3.63, 3.8) is 0 Å². The van der Waals surface area contributed by atoms with Crippen molar-refractivity contribution in [3.8, 4) is 6.07 Å². The van der Waals surface area contributed by atoms with Crippen LogP contribution in [0.15, 0.2) is 0 Å². The first-order valence-electron chi connectivity index (χ1n) is 7.16. The van der Waals surface area contributed by atoms with Gasteiger partial charge in [-0.2, -0.15) is 5.26 Å². The quantitative estimate of drug-likeness (QED) is 0.796. The van der Waals surface area contributed by atoms with E-state index < -0.39 is 5.41 Å². The molecule has 1 saturated carbocycles. The van der Waals surface area contributed by atoms with E-state index in [-0.39, 0.29) is 5.91 Å². The Kier molecular flexibility index (Phi) is 3.03. The van der Waals surface area contributed by atoms with Gasteiger partial charge in [-0.15, -0.1) is 0 Å². The summed E-state index contributed by atoms with van der Waals surface area (Å²) in [6, 6.07) is 2.27. The predicted octanol–water partition coefficient (Wildman–Crippen LogP) is 1.14. The van der Waals surface area contributed by atoms with Crippen molar-refractivity contribution in [1.82, 2.24) is 10.2 Å². The molecule has 98 valence electrons. The van der Waals surface area contributed by atoms with Gasteiger partial charge in [-0.3, -0.25) is 4.79 Å². The van der Waals surface area contributed by atoms with Gasteiger partial charge in [0.1, 0.15) is 5.41 Å². The first-order valence-corrected chi connectivity index (χ1v) is 7.16. The molecule has 0 aromatic rings. The van der Waals surface area contributed by atoms with Crippen LogP contribution < -0.4 is 5.32 Å². The first kappa shape index (κ1) is 12.0. The van der Waals surface area contributed by atoms with Crippen LogP contribution in [0.4, 0.5) is 0 Å². The second-order valence-corrected chi connectivity index (χ2v) is 6.10.